The molecule has 0 bridgehead atoms. The van der Waals surface area contributed by atoms with Gasteiger partial charge in [0.1, 0.15) is 0 Å². The highest BCUT2D eigenvalue weighted by Crippen LogP contribution is 2.27. The summed E-state index contributed by atoms with van der Waals surface area (Å²) in [6.07, 6.45) is 0. The lowest BCUT2D eigenvalue weighted by atomic mass is 9.97. The first kappa shape index (κ1) is 18.8. The van der Waals surface area contributed by atoms with E-state index in [1.54, 1.807) is 0 Å². The number of para-hydroxylation sites is 1. The Bertz CT molecular complexity index is 952. The molecule has 1 aliphatic rings. The van der Waals surface area contributed by atoms with Gasteiger partial charge in [0, 0.05) is 38.4 Å². The molecule has 2 heteroatoms. The second-order valence-electron chi connectivity index (χ2n) is 8.07. The summed E-state index contributed by atoms with van der Waals surface area (Å²) in [5.41, 5.74) is 9.51. The summed E-state index contributed by atoms with van der Waals surface area (Å²) in [6, 6.07) is 24.5. The zero-order valence-electron chi connectivity index (χ0n) is 17.3. The van der Waals surface area contributed by atoms with Crippen molar-refractivity contribution in [2.24, 2.45) is 0 Å². The molecule has 28 heavy (non-hydrogen) atoms. The molecule has 1 aliphatic heterocycles. The van der Waals surface area contributed by atoms with Crippen LogP contribution in [0.5, 0.6) is 0 Å². The fraction of sp³-hybridized carbons (Fsp3) is 0.308. The largest absolute Gasteiger partial charge is 0.369 e. The van der Waals surface area contributed by atoms with E-state index >= 15 is 0 Å². The molecule has 0 N–H and O–H groups in total. The van der Waals surface area contributed by atoms with E-state index in [1.165, 1.54) is 39.1 Å². The standard InChI is InChI=1S/C26H30N2/c1-20-7-6-9-24(17-20)25-18-23(12-11-21(25)2)19-27-13-15-28(16-14-27)26-10-5-4-8-22(26)3/h4-12,17-18H,13-16,19H2,1-3H3. The van der Waals surface area contributed by atoms with Gasteiger partial charge in [0.05, 0.1) is 0 Å². The van der Waals surface area contributed by atoms with Crippen LogP contribution in [0.25, 0.3) is 11.1 Å². The van der Waals surface area contributed by atoms with Crippen LogP contribution in [0, 0.1) is 20.8 Å². The van der Waals surface area contributed by atoms with Crippen molar-refractivity contribution in [3.8, 4) is 11.1 Å². The summed E-state index contributed by atoms with van der Waals surface area (Å²) >= 11 is 0. The van der Waals surface area contributed by atoms with Gasteiger partial charge in [-0.1, -0.05) is 60.2 Å². The molecule has 0 unspecified atom stereocenters. The Balaban J connectivity index is 1.44. The molecule has 0 spiro atoms. The smallest absolute Gasteiger partial charge is 0.0396 e. The fourth-order valence-electron chi connectivity index (χ4n) is 4.21. The van der Waals surface area contributed by atoms with Gasteiger partial charge >= 0.3 is 0 Å². The van der Waals surface area contributed by atoms with Crippen LogP contribution < -0.4 is 4.90 Å². The summed E-state index contributed by atoms with van der Waals surface area (Å²) in [4.78, 5) is 5.11. The van der Waals surface area contributed by atoms with E-state index in [9.17, 15) is 0 Å². The number of hydrogen-bond acceptors (Lipinski definition) is 2. The first-order chi connectivity index (χ1) is 13.6. The van der Waals surface area contributed by atoms with Crippen molar-refractivity contribution in [2.75, 3.05) is 31.1 Å². The van der Waals surface area contributed by atoms with Crippen LogP contribution in [-0.2, 0) is 6.54 Å². The lowest BCUT2D eigenvalue weighted by molar-refractivity contribution is 0.250. The molecule has 1 heterocycles. The summed E-state index contributed by atoms with van der Waals surface area (Å²) in [5.74, 6) is 0. The van der Waals surface area contributed by atoms with Gasteiger partial charge in [-0.05, 0) is 60.7 Å². The molecule has 0 aliphatic carbocycles. The molecule has 3 aromatic rings. The maximum atomic E-state index is 2.58. The Hall–Kier alpha value is -2.58. The van der Waals surface area contributed by atoms with Crippen LogP contribution in [0.4, 0.5) is 5.69 Å². The van der Waals surface area contributed by atoms with E-state index in [1.807, 2.05) is 0 Å². The van der Waals surface area contributed by atoms with Gasteiger partial charge in [-0.15, -0.1) is 0 Å². The quantitative estimate of drug-likeness (QED) is 0.590. The molecule has 0 aromatic heterocycles. The number of nitrogens with zero attached hydrogens (tertiary/aromatic N) is 2. The summed E-state index contributed by atoms with van der Waals surface area (Å²) in [5, 5.41) is 0. The topological polar surface area (TPSA) is 6.48 Å². The number of benzene rings is 3. The normalized spacial score (nSPS) is 15.0. The third-order valence-corrected chi connectivity index (χ3v) is 5.87. The Kier molecular flexibility index (Phi) is 5.50. The minimum absolute atomic E-state index is 1.03. The van der Waals surface area contributed by atoms with Crippen molar-refractivity contribution in [3.63, 3.8) is 0 Å². The van der Waals surface area contributed by atoms with Gasteiger partial charge in [0.25, 0.3) is 0 Å². The number of hydrogen-bond donors (Lipinski definition) is 0. The van der Waals surface area contributed by atoms with Crippen LogP contribution in [0.3, 0.4) is 0 Å². The maximum absolute atomic E-state index is 2.58. The predicted molar refractivity (Wildman–Crippen MR) is 120 cm³/mol. The molecule has 144 valence electrons. The van der Waals surface area contributed by atoms with E-state index in [2.05, 4.69) is 97.3 Å². The number of rotatable bonds is 4. The highest BCUT2D eigenvalue weighted by molar-refractivity contribution is 5.68. The van der Waals surface area contributed by atoms with Gasteiger partial charge in [0.2, 0.25) is 0 Å². The molecule has 1 saturated heterocycles. The number of aryl methyl sites for hydroxylation is 3. The molecular weight excluding hydrogens is 340 g/mol. The average Bonchev–Trinajstić information content (AvgIpc) is 2.70. The third-order valence-electron chi connectivity index (χ3n) is 5.87. The molecule has 1 fully saturated rings. The second kappa shape index (κ2) is 8.20. The summed E-state index contributed by atoms with van der Waals surface area (Å²) in [6.45, 7) is 12.0. The Labute approximate surface area is 169 Å². The second-order valence-corrected chi connectivity index (χ2v) is 8.07. The molecular formula is C26H30N2. The zero-order valence-corrected chi connectivity index (χ0v) is 17.3. The highest BCUT2D eigenvalue weighted by atomic mass is 15.3. The fourth-order valence-corrected chi connectivity index (χ4v) is 4.21. The predicted octanol–water partition coefficient (Wildman–Crippen LogP) is 5.60. The van der Waals surface area contributed by atoms with E-state index in [-0.39, 0.29) is 0 Å². The molecule has 3 aromatic carbocycles. The van der Waals surface area contributed by atoms with Gasteiger partial charge in [-0.3, -0.25) is 4.90 Å². The van der Waals surface area contributed by atoms with Crippen molar-refractivity contribution < 1.29 is 0 Å². The van der Waals surface area contributed by atoms with E-state index < -0.39 is 0 Å². The number of piperazine rings is 1. The van der Waals surface area contributed by atoms with Crippen LogP contribution in [-0.4, -0.2) is 31.1 Å². The Morgan fingerprint density at radius 3 is 2.25 bits per heavy atom. The van der Waals surface area contributed by atoms with Crippen molar-refractivity contribution in [2.45, 2.75) is 27.3 Å². The van der Waals surface area contributed by atoms with Crippen molar-refractivity contribution in [1.29, 1.82) is 0 Å². The van der Waals surface area contributed by atoms with E-state index in [0.29, 0.717) is 0 Å². The molecule has 4 rings (SSSR count). The summed E-state index contributed by atoms with van der Waals surface area (Å²) in [7, 11) is 0. The summed E-state index contributed by atoms with van der Waals surface area (Å²) < 4.78 is 0. The lowest BCUT2D eigenvalue weighted by Gasteiger charge is -2.37. The zero-order chi connectivity index (χ0) is 19.5. The molecule has 0 amide bonds. The van der Waals surface area contributed by atoms with Crippen LogP contribution in [0.2, 0.25) is 0 Å². The van der Waals surface area contributed by atoms with E-state index in [4.69, 9.17) is 0 Å². The van der Waals surface area contributed by atoms with Gasteiger partial charge in [-0.25, -0.2) is 0 Å². The Morgan fingerprint density at radius 2 is 1.50 bits per heavy atom. The van der Waals surface area contributed by atoms with Gasteiger partial charge in [0.15, 0.2) is 0 Å². The Morgan fingerprint density at radius 1 is 0.714 bits per heavy atom. The van der Waals surface area contributed by atoms with Gasteiger partial charge in [-0.2, -0.15) is 0 Å². The van der Waals surface area contributed by atoms with Gasteiger partial charge < -0.3 is 4.90 Å². The maximum Gasteiger partial charge on any atom is 0.0396 e. The molecule has 2 nitrogen and oxygen atoms in total. The van der Waals surface area contributed by atoms with Crippen LogP contribution in [0.1, 0.15) is 22.3 Å². The monoisotopic (exact) mass is 370 g/mol. The molecule has 0 radical (unpaired) electrons. The number of anilines is 1. The van der Waals surface area contributed by atoms with Crippen molar-refractivity contribution in [3.05, 3.63) is 89.0 Å². The minimum Gasteiger partial charge on any atom is -0.369 e. The SMILES string of the molecule is Cc1cccc(-c2cc(CN3CCN(c4ccccc4C)CC3)ccc2C)c1. The first-order valence-electron chi connectivity index (χ1n) is 10.3. The van der Waals surface area contributed by atoms with Crippen molar-refractivity contribution >= 4 is 5.69 Å². The average molecular weight is 371 g/mol. The molecule has 0 atom stereocenters. The minimum atomic E-state index is 1.03. The van der Waals surface area contributed by atoms with E-state index in [0.717, 1.165) is 32.7 Å². The lowest BCUT2D eigenvalue weighted by Crippen LogP contribution is -2.46. The van der Waals surface area contributed by atoms with Crippen molar-refractivity contribution in [1.82, 2.24) is 4.90 Å². The third kappa shape index (κ3) is 4.13. The molecule has 0 saturated carbocycles. The first-order valence-corrected chi connectivity index (χ1v) is 10.3. The van der Waals surface area contributed by atoms with Crippen LogP contribution >= 0.6 is 0 Å². The van der Waals surface area contributed by atoms with Crippen LogP contribution in [0.15, 0.2) is 66.7 Å². The highest BCUT2D eigenvalue weighted by Gasteiger charge is 2.18.